The molecule has 0 aromatic rings. The van der Waals surface area contributed by atoms with E-state index in [0.29, 0.717) is 0 Å². The van der Waals surface area contributed by atoms with E-state index >= 15 is 0 Å². The summed E-state index contributed by atoms with van der Waals surface area (Å²) < 4.78 is 0. The van der Waals surface area contributed by atoms with Crippen molar-refractivity contribution < 1.29 is 0 Å². The highest BCUT2D eigenvalue weighted by atomic mass is 13.9. The Morgan fingerprint density at radius 2 is 1.77 bits per heavy atom. The molecule has 0 saturated carbocycles. The van der Waals surface area contributed by atoms with Crippen LogP contribution in [0.4, 0.5) is 0 Å². The van der Waals surface area contributed by atoms with Crippen molar-refractivity contribution in [2.45, 2.75) is 34.1 Å². The van der Waals surface area contributed by atoms with Crippen LogP contribution < -0.4 is 0 Å². The van der Waals surface area contributed by atoms with Crippen molar-refractivity contribution in [3.8, 4) is 0 Å². The monoisotopic (exact) mass is 176 g/mol. The first-order valence-corrected chi connectivity index (χ1v) is 4.85. The summed E-state index contributed by atoms with van der Waals surface area (Å²) in [6, 6.07) is 0. The average molecular weight is 176 g/mol. The molecule has 0 saturated heterocycles. The Labute approximate surface area is 82.4 Å². The van der Waals surface area contributed by atoms with Crippen LogP contribution in [0.15, 0.2) is 47.6 Å². The lowest BCUT2D eigenvalue weighted by atomic mass is 10.2. The van der Waals surface area contributed by atoms with Gasteiger partial charge in [-0.25, -0.2) is 0 Å². The van der Waals surface area contributed by atoms with Gasteiger partial charge >= 0.3 is 0 Å². The van der Waals surface area contributed by atoms with E-state index in [4.69, 9.17) is 0 Å². The molecule has 0 aliphatic heterocycles. The zero-order valence-electron chi connectivity index (χ0n) is 9.17. The smallest absolute Gasteiger partial charge is 0.0374 e. The van der Waals surface area contributed by atoms with Crippen LogP contribution in [-0.2, 0) is 0 Å². The normalized spacial score (nSPS) is 14.8. The van der Waals surface area contributed by atoms with Crippen molar-refractivity contribution in [1.82, 2.24) is 0 Å². The van der Waals surface area contributed by atoms with Crippen LogP contribution in [0.25, 0.3) is 0 Å². The van der Waals surface area contributed by atoms with Gasteiger partial charge in [0, 0.05) is 0 Å². The summed E-state index contributed by atoms with van der Waals surface area (Å²) in [7, 11) is 0. The minimum absolute atomic E-state index is 1.10. The van der Waals surface area contributed by atoms with Crippen LogP contribution in [0.5, 0.6) is 0 Å². The molecule has 0 aromatic heterocycles. The van der Waals surface area contributed by atoms with Crippen LogP contribution in [-0.4, -0.2) is 0 Å². The molecule has 0 radical (unpaired) electrons. The van der Waals surface area contributed by atoms with E-state index in [1.807, 2.05) is 6.92 Å². The van der Waals surface area contributed by atoms with Crippen LogP contribution in [0.3, 0.4) is 0 Å². The lowest BCUT2D eigenvalue weighted by molar-refractivity contribution is 1.20. The molecule has 0 amide bonds. The van der Waals surface area contributed by atoms with Gasteiger partial charge in [0.05, 0.1) is 0 Å². The summed E-state index contributed by atoms with van der Waals surface area (Å²) in [5.74, 6) is 0. The lowest BCUT2D eigenvalue weighted by Crippen LogP contribution is -1.68. The highest BCUT2D eigenvalue weighted by Gasteiger charge is 1.78. The van der Waals surface area contributed by atoms with Gasteiger partial charge in [0.25, 0.3) is 0 Å². The minimum Gasteiger partial charge on any atom is -0.0874 e. The maximum Gasteiger partial charge on any atom is -0.0374 e. The predicted molar refractivity (Wildman–Crippen MR) is 61.8 cm³/mol. The number of hydrogen-bond donors (Lipinski definition) is 0. The molecular weight excluding hydrogens is 156 g/mol. The highest BCUT2D eigenvalue weighted by Crippen LogP contribution is 1.99. The Bertz CT molecular complexity index is 237. The molecule has 0 spiro atoms. The van der Waals surface area contributed by atoms with Crippen LogP contribution in [0.2, 0.25) is 0 Å². The van der Waals surface area contributed by atoms with Crippen LogP contribution in [0.1, 0.15) is 34.1 Å². The summed E-state index contributed by atoms with van der Waals surface area (Å²) >= 11 is 0. The Morgan fingerprint density at radius 1 is 1.08 bits per heavy atom. The van der Waals surface area contributed by atoms with Gasteiger partial charge in [0.15, 0.2) is 0 Å². The Kier molecular flexibility index (Phi) is 6.99. The highest BCUT2D eigenvalue weighted by molar-refractivity contribution is 5.25. The van der Waals surface area contributed by atoms with Crippen molar-refractivity contribution in [2.75, 3.05) is 0 Å². The number of allylic oxidation sites excluding steroid dienone is 8. The lowest BCUT2D eigenvalue weighted by Gasteiger charge is -1.89. The zero-order chi connectivity index (χ0) is 10.1. The fourth-order valence-corrected chi connectivity index (χ4v) is 1.06. The van der Waals surface area contributed by atoms with Crippen molar-refractivity contribution in [1.29, 1.82) is 0 Å². The molecule has 0 fully saturated rings. The molecule has 0 bridgehead atoms. The third-order valence-corrected chi connectivity index (χ3v) is 1.67. The minimum atomic E-state index is 1.10. The molecule has 72 valence electrons. The van der Waals surface area contributed by atoms with Gasteiger partial charge in [-0.2, -0.15) is 0 Å². The van der Waals surface area contributed by atoms with Crippen molar-refractivity contribution in [3.63, 3.8) is 0 Å². The first-order valence-electron chi connectivity index (χ1n) is 4.85. The first-order chi connectivity index (χ1) is 6.20. The molecule has 0 aliphatic rings. The molecule has 0 heteroatoms. The summed E-state index contributed by atoms with van der Waals surface area (Å²) in [5, 5.41) is 0. The molecule has 0 nitrogen and oxygen atoms in total. The van der Waals surface area contributed by atoms with Gasteiger partial charge in [-0.05, 0) is 27.2 Å². The third kappa shape index (κ3) is 7.32. The van der Waals surface area contributed by atoms with Gasteiger partial charge in [0.1, 0.15) is 0 Å². The summed E-state index contributed by atoms with van der Waals surface area (Å²) in [6.45, 7) is 8.41. The van der Waals surface area contributed by atoms with E-state index in [-0.39, 0.29) is 0 Å². The van der Waals surface area contributed by atoms with Crippen molar-refractivity contribution in [3.05, 3.63) is 47.6 Å². The van der Waals surface area contributed by atoms with Crippen LogP contribution in [0, 0.1) is 0 Å². The largest absolute Gasteiger partial charge is 0.0874 e. The summed E-state index contributed by atoms with van der Waals surface area (Å²) in [4.78, 5) is 0. The van der Waals surface area contributed by atoms with E-state index < -0.39 is 0 Å². The average Bonchev–Trinajstić information content (AvgIpc) is 2.05. The second-order valence-corrected chi connectivity index (χ2v) is 3.13. The van der Waals surface area contributed by atoms with Gasteiger partial charge in [-0.1, -0.05) is 54.5 Å². The van der Waals surface area contributed by atoms with Gasteiger partial charge in [-0.15, -0.1) is 0 Å². The molecule has 0 aromatic carbocycles. The Balaban J connectivity index is 4.14. The third-order valence-electron chi connectivity index (χ3n) is 1.67. The van der Waals surface area contributed by atoms with Crippen molar-refractivity contribution >= 4 is 0 Å². The number of rotatable bonds is 4. The van der Waals surface area contributed by atoms with E-state index in [1.165, 1.54) is 11.1 Å². The fraction of sp³-hybridized carbons (Fsp3) is 0.385. The topological polar surface area (TPSA) is 0 Å². The molecule has 0 unspecified atom stereocenters. The Hall–Kier alpha value is -1.04. The Morgan fingerprint density at radius 3 is 2.31 bits per heavy atom. The molecule has 13 heavy (non-hydrogen) atoms. The molecule has 0 rings (SSSR count). The van der Waals surface area contributed by atoms with E-state index in [2.05, 4.69) is 57.2 Å². The van der Waals surface area contributed by atoms with Gasteiger partial charge in [-0.3, -0.25) is 0 Å². The van der Waals surface area contributed by atoms with E-state index in [1.54, 1.807) is 0 Å². The second-order valence-electron chi connectivity index (χ2n) is 3.13. The van der Waals surface area contributed by atoms with Crippen molar-refractivity contribution in [2.24, 2.45) is 0 Å². The molecule has 0 aliphatic carbocycles. The SMILES string of the molecule is C/C=C/C(C)=C/C=C/C(C)=C/CC. The molecule has 0 N–H and O–H groups in total. The molecule has 0 heterocycles. The summed E-state index contributed by atoms with van der Waals surface area (Å²) in [6.07, 6.45) is 13.8. The quantitative estimate of drug-likeness (QED) is 0.556. The maximum absolute atomic E-state index is 2.22. The standard InChI is InChI=1S/C13H20/c1-5-8-12(3)10-7-11-13(4)9-6-2/h5,7-11H,6H2,1-4H3/b8-5+,11-7+,12-10+,13-9+. The van der Waals surface area contributed by atoms with Crippen LogP contribution >= 0.6 is 0 Å². The fourth-order valence-electron chi connectivity index (χ4n) is 1.06. The van der Waals surface area contributed by atoms with E-state index in [0.717, 1.165) is 6.42 Å². The van der Waals surface area contributed by atoms with E-state index in [9.17, 15) is 0 Å². The molecule has 0 atom stereocenters. The molecular formula is C13H20. The first kappa shape index (κ1) is 12.0. The maximum atomic E-state index is 2.22. The second kappa shape index (κ2) is 7.60. The predicted octanol–water partition coefficient (Wildman–Crippen LogP) is 4.42. The van der Waals surface area contributed by atoms with Gasteiger partial charge in [0.2, 0.25) is 0 Å². The summed E-state index contributed by atoms with van der Waals surface area (Å²) in [5.41, 5.74) is 2.61. The van der Waals surface area contributed by atoms with Gasteiger partial charge < -0.3 is 0 Å². The zero-order valence-corrected chi connectivity index (χ0v) is 9.17. The number of hydrogen-bond acceptors (Lipinski definition) is 0.